The minimum Gasteiger partial charge on any atom is -0.338 e. The van der Waals surface area contributed by atoms with Crippen LogP contribution < -0.4 is 0 Å². The highest BCUT2D eigenvalue weighted by molar-refractivity contribution is 5.87. The van der Waals surface area contributed by atoms with E-state index in [1.54, 1.807) is 6.20 Å². The summed E-state index contributed by atoms with van der Waals surface area (Å²) in [6.45, 7) is 1.60. The number of hydrogen-bond acceptors (Lipinski definition) is 3. The first kappa shape index (κ1) is 14.0. The molecule has 1 atom stereocenters. The molecule has 0 saturated carbocycles. The third kappa shape index (κ3) is 2.72. The van der Waals surface area contributed by atoms with Gasteiger partial charge >= 0.3 is 0 Å². The first-order valence-corrected chi connectivity index (χ1v) is 8.00. The van der Waals surface area contributed by atoms with Crippen LogP contribution in [0, 0.1) is 0 Å². The van der Waals surface area contributed by atoms with Crippen LogP contribution in [0.1, 0.15) is 18.5 Å². The number of nitrogens with one attached hydrogen (secondary N) is 1. The number of aromatic amines is 1. The van der Waals surface area contributed by atoms with Gasteiger partial charge < -0.3 is 4.90 Å². The maximum absolute atomic E-state index is 12.7. The van der Waals surface area contributed by atoms with Gasteiger partial charge in [-0.1, -0.05) is 18.2 Å². The molecule has 0 aliphatic carbocycles. The van der Waals surface area contributed by atoms with Crippen molar-refractivity contribution in [3.63, 3.8) is 0 Å². The number of nitrogens with zero attached hydrogens (tertiary/aromatic N) is 4. The first-order valence-electron chi connectivity index (χ1n) is 8.00. The lowest BCUT2D eigenvalue weighted by molar-refractivity contribution is -0.131. The molecule has 1 N–H and O–H groups in total. The number of likely N-dealkylation sites (tertiary alicyclic amines) is 1. The molecule has 3 heterocycles. The Morgan fingerprint density at radius 1 is 1.30 bits per heavy atom. The molecular weight excluding hydrogens is 290 g/mol. The summed E-state index contributed by atoms with van der Waals surface area (Å²) in [6.07, 6.45) is 6.19. The average molecular weight is 309 g/mol. The van der Waals surface area contributed by atoms with E-state index in [9.17, 15) is 4.79 Å². The Balaban J connectivity index is 1.49. The molecule has 1 saturated heterocycles. The van der Waals surface area contributed by atoms with Crippen molar-refractivity contribution in [2.24, 2.45) is 0 Å². The highest BCUT2D eigenvalue weighted by atomic mass is 16.2. The number of fused-ring (bicyclic) bond motifs is 1. The molecule has 4 rings (SSSR count). The van der Waals surface area contributed by atoms with E-state index < -0.39 is 0 Å². The number of carbonyl (C=O) groups is 1. The number of H-pyrrole nitrogens is 1. The van der Waals surface area contributed by atoms with Gasteiger partial charge in [0.1, 0.15) is 0 Å². The number of aromatic nitrogens is 4. The topological polar surface area (TPSA) is 66.8 Å². The Labute approximate surface area is 134 Å². The van der Waals surface area contributed by atoms with Crippen LogP contribution in [-0.4, -0.2) is 43.4 Å². The molecule has 23 heavy (non-hydrogen) atoms. The molecule has 1 aliphatic rings. The van der Waals surface area contributed by atoms with Crippen molar-refractivity contribution in [3.8, 4) is 0 Å². The predicted octanol–water partition coefficient (Wildman–Crippen LogP) is 1.99. The molecule has 0 radical (unpaired) electrons. The molecule has 1 aromatic carbocycles. The van der Waals surface area contributed by atoms with Crippen molar-refractivity contribution in [1.29, 1.82) is 0 Å². The summed E-state index contributed by atoms with van der Waals surface area (Å²) in [5.74, 6) is 0.161. The van der Waals surface area contributed by atoms with Crippen LogP contribution in [0.15, 0.2) is 42.7 Å². The molecule has 1 fully saturated rings. The molecule has 1 aliphatic heterocycles. The summed E-state index contributed by atoms with van der Waals surface area (Å²) >= 11 is 0. The Morgan fingerprint density at radius 2 is 2.22 bits per heavy atom. The van der Waals surface area contributed by atoms with E-state index in [1.807, 2.05) is 46.1 Å². The van der Waals surface area contributed by atoms with Gasteiger partial charge in [0.15, 0.2) is 0 Å². The quantitative estimate of drug-likeness (QED) is 0.801. The highest BCUT2D eigenvalue weighted by Crippen LogP contribution is 2.22. The predicted molar refractivity (Wildman–Crippen MR) is 86.8 cm³/mol. The molecule has 6 nitrogen and oxygen atoms in total. The van der Waals surface area contributed by atoms with E-state index in [0.717, 1.165) is 42.5 Å². The zero-order valence-electron chi connectivity index (χ0n) is 12.9. The van der Waals surface area contributed by atoms with E-state index in [4.69, 9.17) is 0 Å². The summed E-state index contributed by atoms with van der Waals surface area (Å²) in [6, 6.07) is 10.0. The van der Waals surface area contributed by atoms with Crippen LogP contribution in [0.25, 0.3) is 10.9 Å². The van der Waals surface area contributed by atoms with Crippen molar-refractivity contribution in [2.45, 2.75) is 31.8 Å². The summed E-state index contributed by atoms with van der Waals surface area (Å²) in [4.78, 5) is 14.7. The standard InChI is InChI=1S/C17H19N5O/c23-17(11-16-14-6-1-2-7-15(14)19-20-16)22-10-3-5-13(22)12-21-9-4-8-18-21/h1-2,4,6-9,13H,3,5,10-12H2,(H,19,20)/t13-/m0/s1. The fourth-order valence-electron chi connectivity index (χ4n) is 3.38. The largest absolute Gasteiger partial charge is 0.338 e. The molecule has 1 amide bonds. The van der Waals surface area contributed by atoms with Gasteiger partial charge in [-0.05, 0) is 25.0 Å². The van der Waals surface area contributed by atoms with Gasteiger partial charge in [-0.3, -0.25) is 14.6 Å². The minimum absolute atomic E-state index is 0.161. The van der Waals surface area contributed by atoms with E-state index in [1.165, 1.54) is 0 Å². The molecule has 118 valence electrons. The number of amides is 1. The fraction of sp³-hybridized carbons (Fsp3) is 0.353. The van der Waals surface area contributed by atoms with Gasteiger partial charge in [0, 0.05) is 24.3 Å². The van der Waals surface area contributed by atoms with Crippen molar-refractivity contribution >= 4 is 16.8 Å². The number of para-hydroxylation sites is 1. The first-order chi connectivity index (χ1) is 11.3. The van der Waals surface area contributed by atoms with Gasteiger partial charge in [0.05, 0.1) is 30.2 Å². The Kier molecular flexibility index (Phi) is 3.57. The molecule has 0 spiro atoms. The van der Waals surface area contributed by atoms with Crippen molar-refractivity contribution in [1.82, 2.24) is 24.9 Å². The molecule has 0 bridgehead atoms. The highest BCUT2D eigenvalue weighted by Gasteiger charge is 2.29. The molecule has 2 aromatic heterocycles. The van der Waals surface area contributed by atoms with Gasteiger partial charge in [0.25, 0.3) is 0 Å². The van der Waals surface area contributed by atoms with E-state index >= 15 is 0 Å². The second-order valence-electron chi connectivity index (χ2n) is 6.01. The lowest BCUT2D eigenvalue weighted by Gasteiger charge is -2.24. The van der Waals surface area contributed by atoms with Crippen LogP contribution in [-0.2, 0) is 17.8 Å². The normalized spacial score (nSPS) is 17.9. The smallest absolute Gasteiger partial charge is 0.228 e. The third-order valence-electron chi connectivity index (χ3n) is 4.52. The second-order valence-corrected chi connectivity index (χ2v) is 6.01. The summed E-state index contributed by atoms with van der Waals surface area (Å²) in [5.41, 5.74) is 1.81. The Morgan fingerprint density at radius 3 is 3.09 bits per heavy atom. The van der Waals surface area contributed by atoms with Gasteiger partial charge in [-0.15, -0.1) is 0 Å². The summed E-state index contributed by atoms with van der Waals surface area (Å²) in [5, 5.41) is 12.6. The van der Waals surface area contributed by atoms with Crippen molar-refractivity contribution in [3.05, 3.63) is 48.4 Å². The van der Waals surface area contributed by atoms with Crippen LogP contribution in [0.5, 0.6) is 0 Å². The molecule has 0 unspecified atom stereocenters. The van der Waals surface area contributed by atoms with E-state index in [2.05, 4.69) is 15.3 Å². The zero-order chi connectivity index (χ0) is 15.6. The maximum atomic E-state index is 12.7. The zero-order valence-corrected chi connectivity index (χ0v) is 12.9. The summed E-state index contributed by atoms with van der Waals surface area (Å²) in [7, 11) is 0. The van der Waals surface area contributed by atoms with Gasteiger partial charge in [-0.25, -0.2) is 0 Å². The molecule has 6 heteroatoms. The van der Waals surface area contributed by atoms with Gasteiger partial charge in [-0.2, -0.15) is 10.2 Å². The fourth-order valence-corrected chi connectivity index (χ4v) is 3.38. The van der Waals surface area contributed by atoms with Crippen LogP contribution in [0.2, 0.25) is 0 Å². The maximum Gasteiger partial charge on any atom is 0.228 e. The van der Waals surface area contributed by atoms with Crippen LogP contribution in [0.4, 0.5) is 0 Å². The lowest BCUT2D eigenvalue weighted by atomic mass is 10.1. The third-order valence-corrected chi connectivity index (χ3v) is 4.52. The monoisotopic (exact) mass is 309 g/mol. The SMILES string of the molecule is O=C(Cc1[nH]nc2ccccc12)N1CCC[C@H]1Cn1cccn1. The number of carbonyl (C=O) groups excluding carboxylic acids is 1. The van der Waals surface area contributed by atoms with Crippen LogP contribution in [0.3, 0.4) is 0 Å². The van der Waals surface area contributed by atoms with Crippen LogP contribution >= 0.6 is 0 Å². The number of benzene rings is 1. The second kappa shape index (κ2) is 5.87. The Hall–Kier alpha value is -2.63. The lowest BCUT2D eigenvalue weighted by Crippen LogP contribution is -2.39. The van der Waals surface area contributed by atoms with E-state index in [-0.39, 0.29) is 11.9 Å². The van der Waals surface area contributed by atoms with E-state index in [0.29, 0.717) is 6.42 Å². The number of rotatable bonds is 4. The van der Waals surface area contributed by atoms with Gasteiger partial charge in [0.2, 0.25) is 5.91 Å². The molecule has 3 aromatic rings. The molecular formula is C17H19N5O. The number of hydrogen-bond donors (Lipinski definition) is 1. The summed E-state index contributed by atoms with van der Waals surface area (Å²) < 4.78 is 1.90. The minimum atomic E-state index is 0.161. The Bertz CT molecular complexity index is 807. The van der Waals surface area contributed by atoms with Crippen molar-refractivity contribution in [2.75, 3.05) is 6.54 Å². The average Bonchev–Trinajstić information content (AvgIpc) is 3.29. The van der Waals surface area contributed by atoms with Crippen molar-refractivity contribution < 1.29 is 4.79 Å².